The molecule has 1 aromatic heterocycles. The third-order valence-corrected chi connectivity index (χ3v) is 6.33. The Labute approximate surface area is 204 Å². The van der Waals surface area contributed by atoms with Gasteiger partial charge < -0.3 is 29.3 Å². The topological polar surface area (TPSA) is 82.0 Å². The van der Waals surface area contributed by atoms with Crippen LogP contribution in [0.25, 0.3) is 0 Å². The van der Waals surface area contributed by atoms with E-state index in [4.69, 9.17) is 18.6 Å². The molecule has 35 heavy (non-hydrogen) atoms. The maximum absolute atomic E-state index is 12.9. The molecule has 3 aromatic rings. The fourth-order valence-corrected chi connectivity index (χ4v) is 4.39. The molecule has 186 valence electrons. The number of aryl methyl sites for hydroxylation is 2. The minimum absolute atomic E-state index is 0.0721. The first-order valence-corrected chi connectivity index (χ1v) is 11.5. The Morgan fingerprint density at radius 2 is 1.80 bits per heavy atom. The zero-order valence-electron chi connectivity index (χ0n) is 20.7. The Morgan fingerprint density at radius 3 is 2.46 bits per heavy atom. The lowest BCUT2D eigenvalue weighted by Crippen LogP contribution is -2.13. The second-order valence-electron chi connectivity index (χ2n) is 9.21. The van der Waals surface area contributed by atoms with Crippen molar-refractivity contribution in [1.29, 1.82) is 0 Å². The van der Waals surface area contributed by atoms with Crippen molar-refractivity contribution < 1.29 is 27.8 Å². The molecular formula is C27H31FN2O5. The Balaban J connectivity index is 1.53. The van der Waals surface area contributed by atoms with Crippen LogP contribution in [-0.2, 0) is 11.8 Å². The number of halogens is 1. The number of benzene rings is 2. The van der Waals surface area contributed by atoms with Gasteiger partial charge in [0.2, 0.25) is 0 Å². The summed E-state index contributed by atoms with van der Waals surface area (Å²) in [5.74, 6) is 1.23. The van der Waals surface area contributed by atoms with Crippen LogP contribution in [0.5, 0.6) is 23.2 Å². The number of methoxy groups -OCH3 is 2. The first-order chi connectivity index (χ1) is 16.7. The van der Waals surface area contributed by atoms with Crippen LogP contribution in [0.4, 0.5) is 15.8 Å². The van der Waals surface area contributed by atoms with Gasteiger partial charge >= 0.3 is 0 Å². The van der Waals surface area contributed by atoms with Crippen LogP contribution in [0.2, 0.25) is 0 Å². The van der Waals surface area contributed by atoms with Crippen LogP contribution in [-0.4, -0.2) is 33.3 Å². The normalized spacial score (nSPS) is 13.8. The number of anilines is 2. The Morgan fingerprint density at radius 1 is 1.09 bits per heavy atom. The monoisotopic (exact) mass is 482 g/mol. The summed E-state index contributed by atoms with van der Waals surface area (Å²) in [6, 6.07) is 10.7. The van der Waals surface area contributed by atoms with Crippen molar-refractivity contribution in [1.82, 2.24) is 0 Å². The molecule has 0 unspecified atom stereocenters. The lowest BCUT2D eigenvalue weighted by atomic mass is 9.86. The Hall–Kier alpha value is -3.68. The van der Waals surface area contributed by atoms with E-state index in [0.717, 1.165) is 18.4 Å². The smallest absolute Gasteiger partial charge is 0.291 e. The molecule has 8 heteroatoms. The number of hydrogen-bond acceptors (Lipinski definition) is 6. The van der Waals surface area contributed by atoms with Crippen LogP contribution in [0.15, 0.2) is 40.8 Å². The first kappa shape index (κ1) is 24.4. The molecule has 1 amide bonds. The largest absolute Gasteiger partial charge is 0.494 e. The van der Waals surface area contributed by atoms with E-state index in [1.165, 1.54) is 25.3 Å². The molecule has 1 aliphatic rings. The minimum atomic E-state index is -0.519. The highest BCUT2D eigenvalue weighted by molar-refractivity contribution is 6.04. The zero-order valence-corrected chi connectivity index (χ0v) is 20.7. The van der Waals surface area contributed by atoms with Gasteiger partial charge in [-0.3, -0.25) is 4.79 Å². The standard InChI is InChI=1S/C27H31FN2O5/c1-16-12-17-8-9-27(2,3)19(17)15-21(16)35-24-7-6-20(34-24)26(31)30-25-22(32-4)13-18(29-11-10-28)14-23(25)33-5/h6-7,12-15,29H,8-11H2,1-5H3,(H,30,31). The van der Waals surface area contributed by atoms with E-state index in [9.17, 15) is 9.18 Å². The number of nitrogens with one attached hydrogen (secondary N) is 2. The fraction of sp³-hybridized carbons (Fsp3) is 0.370. The summed E-state index contributed by atoms with van der Waals surface area (Å²) in [5, 5.41) is 5.70. The van der Waals surface area contributed by atoms with Crippen LogP contribution in [0.1, 0.15) is 47.5 Å². The second-order valence-corrected chi connectivity index (χ2v) is 9.21. The van der Waals surface area contributed by atoms with Gasteiger partial charge in [0.05, 0.1) is 14.2 Å². The molecule has 0 radical (unpaired) electrons. The van der Waals surface area contributed by atoms with E-state index in [0.29, 0.717) is 28.6 Å². The number of amides is 1. The van der Waals surface area contributed by atoms with Gasteiger partial charge in [-0.25, -0.2) is 4.39 Å². The van der Waals surface area contributed by atoms with E-state index >= 15 is 0 Å². The number of carbonyl (C=O) groups excluding carboxylic acids is 1. The molecule has 0 aliphatic heterocycles. The zero-order chi connectivity index (χ0) is 25.2. The van der Waals surface area contributed by atoms with Gasteiger partial charge in [0, 0.05) is 30.4 Å². The van der Waals surface area contributed by atoms with E-state index in [1.54, 1.807) is 24.3 Å². The van der Waals surface area contributed by atoms with E-state index in [-0.39, 0.29) is 23.7 Å². The Bertz CT molecular complexity index is 1210. The van der Waals surface area contributed by atoms with Gasteiger partial charge in [-0.1, -0.05) is 19.9 Å². The van der Waals surface area contributed by atoms with Gasteiger partial charge in [0.25, 0.3) is 11.9 Å². The SMILES string of the molecule is COc1cc(NCCF)cc(OC)c1NC(=O)c1ccc(Oc2cc3c(cc2C)CCC3(C)C)o1. The molecule has 1 aliphatic carbocycles. The fourth-order valence-electron chi connectivity index (χ4n) is 4.39. The number of fused-ring (bicyclic) bond motifs is 1. The summed E-state index contributed by atoms with van der Waals surface area (Å²) < 4.78 is 35.1. The van der Waals surface area contributed by atoms with Crippen LogP contribution in [0, 0.1) is 6.92 Å². The first-order valence-electron chi connectivity index (χ1n) is 11.5. The van der Waals surface area contributed by atoms with Crippen molar-refractivity contribution in [2.75, 3.05) is 38.1 Å². The maximum Gasteiger partial charge on any atom is 0.291 e. The van der Waals surface area contributed by atoms with Gasteiger partial charge in [0.1, 0.15) is 29.6 Å². The molecule has 7 nitrogen and oxygen atoms in total. The number of alkyl halides is 1. The second kappa shape index (κ2) is 9.90. The molecule has 0 fully saturated rings. The summed E-state index contributed by atoms with van der Waals surface area (Å²) in [5.41, 5.74) is 4.70. The maximum atomic E-state index is 12.9. The summed E-state index contributed by atoms with van der Waals surface area (Å²) in [7, 11) is 2.95. The molecule has 2 aromatic carbocycles. The van der Waals surface area contributed by atoms with Crippen molar-refractivity contribution in [3.8, 4) is 23.2 Å². The third kappa shape index (κ3) is 5.06. The molecule has 4 rings (SSSR count). The van der Waals surface area contributed by atoms with Crippen molar-refractivity contribution >= 4 is 17.3 Å². The molecule has 2 N–H and O–H groups in total. The van der Waals surface area contributed by atoms with Gasteiger partial charge in [-0.05, 0) is 54.0 Å². The predicted molar refractivity (Wildman–Crippen MR) is 133 cm³/mol. The molecule has 0 atom stereocenters. The van der Waals surface area contributed by atoms with Crippen LogP contribution >= 0.6 is 0 Å². The Kier molecular flexibility index (Phi) is 6.91. The average Bonchev–Trinajstić information content (AvgIpc) is 3.42. The quantitative estimate of drug-likeness (QED) is 0.375. The van der Waals surface area contributed by atoms with Gasteiger partial charge in [-0.2, -0.15) is 0 Å². The van der Waals surface area contributed by atoms with Gasteiger partial charge in [-0.15, -0.1) is 0 Å². The van der Waals surface area contributed by atoms with E-state index < -0.39 is 12.6 Å². The number of ether oxygens (including phenoxy) is 3. The van der Waals surface area contributed by atoms with E-state index in [1.807, 2.05) is 6.92 Å². The highest BCUT2D eigenvalue weighted by Crippen LogP contribution is 2.42. The number of rotatable bonds is 9. The molecule has 1 heterocycles. The van der Waals surface area contributed by atoms with Crippen molar-refractivity contribution in [3.05, 3.63) is 58.8 Å². The molecular weight excluding hydrogens is 451 g/mol. The van der Waals surface area contributed by atoms with Crippen molar-refractivity contribution in [3.63, 3.8) is 0 Å². The molecule has 0 saturated carbocycles. The third-order valence-electron chi connectivity index (χ3n) is 6.33. The molecule has 0 saturated heterocycles. The van der Waals surface area contributed by atoms with Crippen molar-refractivity contribution in [2.45, 2.75) is 39.0 Å². The van der Waals surface area contributed by atoms with Crippen LogP contribution in [0.3, 0.4) is 0 Å². The highest BCUT2D eigenvalue weighted by atomic mass is 19.1. The molecule has 0 bridgehead atoms. The summed E-state index contributed by atoms with van der Waals surface area (Å²) >= 11 is 0. The summed E-state index contributed by atoms with van der Waals surface area (Å²) in [6.07, 6.45) is 2.17. The molecule has 0 spiro atoms. The average molecular weight is 483 g/mol. The van der Waals surface area contributed by atoms with Crippen LogP contribution < -0.4 is 24.8 Å². The lowest BCUT2D eigenvalue weighted by Gasteiger charge is -2.20. The number of furan rings is 1. The van der Waals surface area contributed by atoms with Gasteiger partial charge in [0.15, 0.2) is 5.76 Å². The summed E-state index contributed by atoms with van der Waals surface area (Å²) in [6.45, 7) is 6.10. The number of carbonyl (C=O) groups is 1. The summed E-state index contributed by atoms with van der Waals surface area (Å²) in [4.78, 5) is 12.9. The lowest BCUT2D eigenvalue weighted by molar-refractivity contribution is 0.0991. The highest BCUT2D eigenvalue weighted by Gasteiger charge is 2.31. The minimum Gasteiger partial charge on any atom is -0.494 e. The predicted octanol–water partition coefficient (Wildman–Crippen LogP) is 6.26. The number of hydrogen-bond donors (Lipinski definition) is 2. The van der Waals surface area contributed by atoms with Crippen molar-refractivity contribution in [2.24, 2.45) is 0 Å². The van der Waals surface area contributed by atoms with E-state index in [2.05, 4.69) is 36.6 Å².